The maximum absolute atomic E-state index is 9.01. The Kier molecular flexibility index (Phi) is 3.50. The van der Waals surface area contributed by atoms with Crippen LogP contribution in [-0.2, 0) is 6.54 Å². The minimum atomic E-state index is 0.352. The summed E-state index contributed by atoms with van der Waals surface area (Å²) in [7, 11) is 0. The lowest BCUT2D eigenvalue weighted by molar-refractivity contribution is 0.127. The quantitative estimate of drug-likeness (QED) is 0.821. The molecule has 3 nitrogen and oxygen atoms in total. The molecule has 1 aliphatic rings. The first-order valence-corrected chi connectivity index (χ1v) is 5.98. The maximum atomic E-state index is 9.01. The number of rotatable bonds is 3. The SMILES string of the molecule is OCC1CCN(Cc2nccs2)CC1. The molecule has 14 heavy (non-hydrogen) atoms. The van der Waals surface area contributed by atoms with E-state index in [1.54, 1.807) is 11.3 Å². The fourth-order valence-electron chi connectivity index (χ4n) is 1.85. The van der Waals surface area contributed by atoms with Crippen molar-refractivity contribution in [2.24, 2.45) is 5.92 Å². The summed E-state index contributed by atoms with van der Waals surface area (Å²) in [6.45, 7) is 3.54. The van der Waals surface area contributed by atoms with Crippen molar-refractivity contribution in [2.45, 2.75) is 19.4 Å². The molecule has 78 valence electrons. The molecule has 0 unspecified atom stereocenters. The monoisotopic (exact) mass is 212 g/mol. The van der Waals surface area contributed by atoms with Gasteiger partial charge in [-0.05, 0) is 31.8 Å². The molecular weight excluding hydrogens is 196 g/mol. The minimum absolute atomic E-state index is 0.352. The highest BCUT2D eigenvalue weighted by Crippen LogP contribution is 2.18. The first-order valence-electron chi connectivity index (χ1n) is 5.10. The molecule has 0 aromatic carbocycles. The Bertz CT molecular complexity index is 255. The van der Waals surface area contributed by atoms with Gasteiger partial charge in [0.05, 0.1) is 6.54 Å². The molecule has 0 spiro atoms. The lowest BCUT2D eigenvalue weighted by Crippen LogP contribution is -2.34. The van der Waals surface area contributed by atoms with Crippen LogP contribution in [0.15, 0.2) is 11.6 Å². The van der Waals surface area contributed by atoms with Gasteiger partial charge in [0.1, 0.15) is 5.01 Å². The van der Waals surface area contributed by atoms with Crippen molar-refractivity contribution >= 4 is 11.3 Å². The number of hydrogen-bond donors (Lipinski definition) is 1. The van der Waals surface area contributed by atoms with Crippen molar-refractivity contribution in [3.63, 3.8) is 0 Å². The molecule has 1 aromatic rings. The van der Waals surface area contributed by atoms with Crippen LogP contribution in [0.4, 0.5) is 0 Å². The van der Waals surface area contributed by atoms with Crippen LogP contribution >= 0.6 is 11.3 Å². The molecule has 0 radical (unpaired) electrons. The first-order chi connectivity index (χ1) is 6.88. The van der Waals surface area contributed by atoms with E-state index < -0.39 is 0 Å². The van der Waals surface area contributed by atoms with E-state index in [0.717, 1.165) is 32.5 Å². The van der Waals surface area contributed by atoms with Crippen LogP contribution in [0.2, 0.25) is 0 Å². The predicted molar refractivity (Wildman–Crippen MR) is 57.2 cm³/mol. The zero-order valence-electron chi connectivity index (χ0n) is 8.22. The third-order valence-electron chi connectivity index (χ3n) is 2.81. The molecule has 2 rings (SSSR count). The van der Waals surface area contributed by atoms with Gasteiger partial charge in [-0.15, -0.1) is 11.3 Å². The van der Waals surface area contributed by atoms with Gasteiger partial charge in [0.15, 0.2) is 0 Å². The maximum Gasteiger partial charge on any atom is 0.107 e. The molecule has 1 aromatic heterocycles. The fraction of sp³-hybridized carbons (Fsp3) is 0.700. The molecule has 2 heterocycles. The molecule has 1 fully saturated rings. The van der Waals surface area contributed by atoms with Gasteiger partial charge in [0.2, 0.25) is 0 Å². The highest BCUT2D eigenvalue weighted by Gasteiger charge is 2.18. The summed E-state index contributed by atoms with van der Waals surface area (Å²) in [5.74, 6) is 0.530. The highest BCUT2D eigenvalue weighted by molar-refractivity contribution is 7.09. The third-order valence-corrected chi connectivity index (χ3v) is 3.57. The smallest absolute Gasteiger partial charge is 0.107 e. The van der Waals surface area contributed by atoms with Crippen molar-refractivity contribution in [3.8, 4) is 0 Å². The summed E-state index contributed by atoms with van der Waals surface area (Å²) >= 11 is 1.72. The van der Waals surface area contributed by atoms with Crippen LogP contribution in [0.1, 0.15) is 17.8 Å². The largest absolute Gasteiger partial charge is 0.396 e. The van der Waals surface area contributed by atoms with E-state index in [0.29, 0.717) is 12.5 Å². The molecule has 0 aliphatic carbocycles. The Morgan fingerprint density at radius 3 is 2.86 bits per heavy atom. The van der Waals surface area contributed by atoms with E-state index in [-0.39, 0.29) is 0 Å². The second kappa shape index (κ2) is 4.87. The van der Waals surface area contributed by atoms with Crippen molar-refractivity contribution in [1.29, 1.82) is 0 Å². The topological polar surface area (TPSA) is 36.4 Å². The van der Waals surface area contributed by atoms with Crippen LogP contribution < -0.4 is 0 Å². The summed E-state index contributed by atoms with van der Waals surface area (Å²) in [6, 6.07) is 0. The Morgan fingerprint density at radius 1 is 1.50 bits per heavy atom. The van der Waals surface area contributed by atoms with Crippen molar-refractivity contribution in [2.75, 3.05) is 19.7 Å². The van der Waals surface area contributed by atoms with Gasteiger partial charge >= 0.3 is 0 Å². The molecular formula is C10H16N2OS. The zero-order valence-corrected chi connectivity index (χ0v) is 9.04. The van der Waals surface area contributed by atoms with Gasteiger partial charge in [-0.3, -0.25) is 4.90 Å². The standard InChI is InChI=1S/C10H16N2OS/c13-8-9-1-4-12(5-2-9)7-10-11-3-6-14-10/h3,6,9,13H,1-2,4-5,7-8H2. The van der Waals surface area contributed by atoms with Gasteiger partial charge in [-0.1, -0.05) is 0 Å². The summed E-state index contributed by atoms with van der Waals surface area (Å²) < 4.78 is 0. The van der Waals surface area contributed by atoms with Crippen LogP contribution in [0.5, 0.6) is 0 Å². The fourth-order valence-corrected chi connectivity index (χ4v) is 2.51. The Hall–Kier alpha value is -0.450. The number of likely N-dealkylation sites (tertiary alicyclic amines) is 1. The number of aromatic nitrogens is 1. The van der Waals surface area contributed by atoms with Gasteiger partial charge < -0.3 is 5.11 Å². The average molecular weight is 212 g/mol. The lowest BCUT2D eigenvalue weighted by Gasteiger charge is -2.30. The number of nitrogens with zero attached hydrogens (tertiary/aromatic N) is 2. The van der Waals surface area contributed by atoms with Crippen LogP contribution in [0.25, 0.3) is 0 Å². The van der Waals surface area contributed by atoms with E-state index in [1.807, 2.05) is 11.6 Å². The Morgan fingerprint density at radius 2 is 2.29 bits per heavy atom. The third kappa shape index (κ3) is 2.53. The number of thiazole rings is 1. The summed E-state index contributed by atoms with van der Waals surface area (Å²) in [6.07, 6.45) is 4.12. The minimum Gasteiger partial charge on any atom is -0.396 e. The molecule has 0 atom stereocenters. The molecule has 0 amide bonds. The van der Waals surface area contributed by atoms with Gasteiger partial charge in [-0.25, -0.2) is 4.98 Å². The Balaban J connectivity index is 1.79. The van der Waals surface area contributed by atoms with Gasteiger partial charge in [-0.2, -0.15) is 0 Å². The van der Waals surface area contributed by atoms with Gasteiger partial charge in [0, 0.05) is 18.2 Å². The van der Waals surface area contributed by atoms with E-state index in [2.05, 4.69) is 9.88 Å². The molecule has 1 aliphatic heterocycles. The Labute approximate surface area is 88.4 Å². The van der Waals surface area contributed by atoms with Crippen molar-refractivity contribution < 1.29 is 5.11 Å². The van der Waals surface area contributed by atoms with E-state index in [9.17, 15) is 0 Å². The first kappa shape index (κ1) is 10.1. The van der Waals surface area contributed by atoms with E-state index in [1.165, 1.54) is 5.01 Å². The van der Waals surface area contributed by atoms with Crippen LogP contribution in [0, 0.1) is 5.92 Å². The van der Waals surface area contributed by atoms with E-state index >= 15 is 0 Å². The molecule has 1 saturated heterocycles. The molecule has 4 heteroatoms. The van der Waals surface area contributed by atoms with Crippen molar-refractivity contribution in [3.05, 3.63) is 16.6 Å². The zero-order chi connectivity index (χ0) is 9.80. The van der Waals surface area contributed by atoms with Crippen molar-refractivity contribution in [1.82, 2.24) is 9.88 Å². The second-order valence-electron chi connectivity index (χ2n) is 3.83. The number of piperidine rings is 1. The predicted octanol–water partition coefficient (Wildman–Crippen LogP) is 1.35. The molecule has 0 saturated carbocycles. The lowest BCUT2D eigenvalue weighted by atomic mass is 9.98. The molecule has 0 bridgehead atoms. The normalized spacial score (nSPS) is 20.1. The summed E-state index contributed by atoms with van der Waals surface area (Å²) in [5, 5.41) is 12.2. The van der Waals surface area contributed by atoms with E-state index in [4.69, 9.17) is 5.11 Å². The van der Waals surface area contributed by atoms with Crippen LogP contribution in [-0.4, -0.2) is 34.7 Å². The summed E-state index contributed by atoms with van der Waals surface area (Å²) in [4.78, 5) is 6.70. The number of hydrogen-bond acceptors (Lipinski definition) is 4. The molecule has 1 N–H and O–H groups in total. The summed E-state index contributed by atoms with van der Waals surface area (Å²) in [5.41, 5.74) is 0. The highest BCUT2D eigenvalue weighted by atomic mass is 32.1. The number of aliphatic hydroxyl groups excluding tert-OH is 1. The number of aliphatic hydroxyl groups is 1. The average Bonchev–Trinajstić information content (AvgIpc) is 2.72. The van der Waals surface area contributed by atoms with Crippen LogP contribution in [0.3, 0.4) is 0 Å². The van der Waals surface area contributed by atoms with Gasteiger partial charge in [0.25, 0.3) is 0 Å². The second-order valence-corrected chi connectivity index (χ2v) is 4.81.